The summed E-state index contributed by atoms with van der Waals surface area (Å²) in [4.78, 5) is 1.53. The predicted molar refractivity (Wildman–Crippen MR) is 103 cm³/mol. The van der Waals surface area contributed by atoms with Gasteiger partial charge < -0.3 is 5.11 Å². The number of hydrogen-bond acceptors (Lipinski definition) is 3. The Labute approximate surface area is 148 Å². The molecule has 0 unspecified atom stereocenters. The van der Waals surface area contributed by atoms with Crippen molar-refractivity contribution in [1.29, 1.82) is 0 Å². The molecule has 4 nitrogen and oxygen atoms in total. The lowest BCUT2D eigenvalue weighted by Crippen LogP contribution is -2.17. The maximum atomic E-state index is 10.9. The van der Waals surface area contributed by atoms with Crippen molar-refractivity contribution in [3.8, 4) is 11.4 Å². The molecule has 25 heavy (non-hydrogen) atoms. The van der Waals surface area contributed by atoms with Crippen LogP contribution in [0.1, 0.15) is 51.7 Å². The van der Waals surface area contributed by atoms with Crippen molar-refractivity contribution in [1.82, 2.24) is 15.0 Å². The number of phenols is 1. The van der Waals surface area contributed by atoms with Crippen molar-refractivity contribution >= 4 is 16.6 Å². The smallest absolute Gasteiger partial charge is 0.150 e. The van der Waals surface area contributed by atoms with Gasteiger partial charge in [0.2, 0.25) is 0 Å². The number of hydrogen-bond donors (Lipinski definition) is 1. The van der Waals surface area contributed by atoms with E-state index >= 15 is 0 Å². The van der Waals surface area contributed by atoms with Crippen molar-refractivity contribution < 1.29 is 5.11 Å². The number of rotatable bonds is 5. The number of aromatic nitrogens is 3. The second-order valence-electron chi connectivity index (χ2n) is 7.06. The summed E-state index contributed by atoms with van der Waals surface area (Å²) < 4.78 is 0. The first-order chi connectivity index (χ1) is 11.9. The topological polar surface area (TPSA) is 50.9 Å². The summed E-state index contributed by atoms with van der Waals surface area (Å²) in [5.41, 5.74) is 5.02. The fourth-order valence-corrected chi connectivity index (χ4v) is 2.79. The number of allylic oxidation sites excluding steroid dienone is 1. The molecule has 3 rings (SSSR count). The Morgan fingerprint density at radius 3 is 2.24 bits per heavy atom. The highest BCUT2D eigenvalue weighted by Gasteiger charge is 2.23. The molecular weight excluding hydrogens is 310 g/mol. The van der Waals surface area contributed by atoms with Gasteiger partial charge in [0, 0.05) is 5.56 Å². The van der Waals surface area contributed by atoms with E-state index in [0.29, 0.717) is 5.69 Å². The molecule has 1 N–H and O–H groups in total. The van der Waals surface area contributed by atoms with Crippen molar-refractivity contribution in [2.45, 2.75) is 46.0 Å². The summed E-state index contributed by atoms with van der Waals surface area (Å²) in [6, 6.07) is 11.7. The summed E-state index contributed by atoms with van der Waals surface area (Å²) >= 11 is 0. The van der Waals surface area contributed by atoms with E-state index in [4.69, 9.17) is 0 Å². The Morgan fingerprint density at radius 1 is 1.12 bits per heavy atom. The average Bonchev–Trinajstić information content (AvgIpc) is 3.04. The van der Waals surface area contributed by atoms with Gasteiger partial charge in [-0.15, -0.1) is 15.0 Å². The van der Waals surface area contributed by atoms with Crippen molar-refractivity contribution in [3.05, 3.63) is 54.1 Å². The summed E-state index contributed by atoms with van der Waals surface area (Å²) in [6.45, 7) is 12.7. The fourth-order valence-electron chi connectivity index (χ4n) is 2.79. The number of benzene rings is 2. The third-order valence-electron chi connectivity index (χ3n) is 5.06. The summed E-state index contributed by atoms with van der Waals surface area (Å²) in [5, 5.41) is 19.9. The zero-order valence-electron chi connectivity index (χ0n) is 15.4. The van der Waals surface area contributed by atoms with Crippen LogP contribution in [0, 0.1) is 0 Å². The molecule has 0 fully saturated rings. The third kappa shape index (κ3) is 3.04. The minimum Gasteiger partial charge on any atom is -0.505 e. The van der Waals surface area contributed by atoms with Crippen molar-refractivity contribution in [2.24, 2.45) is 0 Å². The molecule has 1 aromatic heterocycles. The van der Waals surface area contributed by atoms with Crippen LogP contribution in [-0.4, -0.2) is 20.1 Å². The number of phenolic OH excluding ortho intramolecular Hbond substituents is 1. The highest BCUT2D eigenvalue weighted by atomic mass is 16.3. The second-order valence-corrected chi connectivity index (χ2v) is 7.06. The quantitative estimate of drug-likeness (QED) is 0.694. The normalized spacial score (nSPS) is 11.8. The van der Waals surface area contributed by atoms with Gasteiger partial charge in [-0.05, 0) is 53.7 Å². The molecule has 0 spiro atoms. The van der Waals surface area contributed by atoms with Gasteiger partial charge in [-0.1, -0.05) is 46.4 Å². The molecule has 4 heteroatoms. The van der Waals surface area contributed by atoms with Gasteiger partial charge in [-0.25, -0.2) is 0 Å². The van der Waals surface area contributed by atoms with E-state index in [2.05, 4.69) is 43.6 Å². The molecule has 0 radical (unpaired) electrons. The van der Waals surface area contributed by atoms with E-state index in [1.807, 2.05) is 37.3 Å². The van der Waals surface area contributed by atoms with E-state index in [0.717, 1.165) is 40.6 Å². The average molecular weight is 335 g/mol. The van der Waals surface area contributed by atoms with Gasteiger partial charge >= 0.3 is 0 Å². The van der Waals surface area contributed by atoms with E-state index in [1.54, 1.807) is 0 Å². The van der Waals surface area contributed by atoms with E-state index in [1.165, 1.54) is 4.80 Å². The van der Waals surface area contributed by atoms with Gasteiger partial charge in [0.25, 0.3) is 0 Å². The molecule has 0 saturated carbocycles. The summed E-state index contributed by atoms with van der Waals surface area (Å²) in [6.07, 6.45) is 1.77. The van der Waals surface area contributed by atoms with Crippen LogP contribution >= 0.6 is 0 Å². The van der Waals surface area contributed by atoms with Gasteiger partial charge in [0.05, 0.1) is 0 Å². The van der Waals surface area contributed by atoms with Crippen LogP contribution in [0.25, 0.3) is 22.3 Å². The predicted octanol–water partition coefficient (Wildman–Crippen LogP) is 5.24. The van der Waals surface area contributed by atoms with E-state index in [-0.39, 0.29) is 11.2 Å². The maximum Gasteiger partial charge on any atom is 0.150 e. The van der Waals surface area contributed by atoms with Crippen molar-refractivity contribution in [2.75, 3.05) is 0 Å². The van der Waals surface area contributed by atoms with Gasteiger partial charge in [0.1, 0.15) is 16.7 Å². The molecule has 0 aliphatic heterocycles. The molecule has 0 aliphatic carbocycles. The first-order valence-electron chi connectivity index (χ1n) is 8.75. The zero-order valence-corrected chi connectivity index (χ0v) is 15.4. The minimum atomic E-state index is -0.0161. The second kappa shape index (κ2) is 6.36. The lowest BCUT2D eigenvalue weighted by atomic mass is 9.80. The highest BCUT2D eigenvalue weighted by Crippen LogP contribution is 2.38. The molecule has 0 aliphatic rings. The maximum absolute atomic E-state index is 10.9. The summed E-state index contributed by atoms with van der Waals surface area (Å²) in [7, 11) is 0. The zero-order chi connectivity index (χ0) is 18.2. The van der Waals surface area contributed by atoms with Crippen LogP contribution in [0.15, 0.2) is 43.0 Å². The molecule has 0 atom stereocenters. The largest absolute Gasteiger partial charge is 0.505 e. The molecular formula is C21H25N3O. The van der Waals surface area contributed by atoms with Crippen LogP contribution in [0.2, 0.25) is 0 Å². The third-order valence-corrected chi connectivity index (χ3v) is 5.06. The lowest BCUT2D eigenvalue weighted by Gasteiger charge is -2.25. The number of aromatic hydroxyl groups is 1. The van der Waals surface area contributed by atoms with Crippen LogP contribution < -0.4 is 0 Å². The van der Waals surface area contributed by atoms with Gasteiger partial charge in [0.15, 0.2) is 5.75 Å². The summed E-state index contributed by atoms with van der Waals surface area (Å²) in [5.74, 6) is 0.183. The lowest BCUT2D eigenvalue weighted by molar-refractivity contribution is 0.461. The molecule has 1 heterocycles. The van der Waals surface area contributed by atoms with E-state index in [9.17, 15) is 5.11 Å². The molecule has 3 aromatic rings. The number of nitrogens with zero attached hydrogens (tertiary/aromatic N) is 3. The molecule has 0 bridgehead atoms. The first kappa shape index (κ1) is 17.2. The Hall–Kier alpha value is -2.62. The molecule has 130 valence electrons. The Morgan fingerprint density at radius 2 is 1.72 bits per heavy atom. The minimum absolute atomic E-state index is 0.0161. The van der Waals surface area contributed by atoms with E-state index < -0.39 is 0 Å². The Balaban J connectivity index is 2.27. The van der Waals surface area contributed by atoms with Crippen LogP contribution in [0.5, 0.6) is 5.75 Å². The molecule has 0 saturated heterocycles. The van der Waals surface area contributed by atoms with Crippen LogP contribution in [-0.2, 0) is 5.41 Å². The Kier molecular flexibility index (Phi) is 4.38. The van der Waals surface area contributed by atoms with Crippen LogP contribution in [0.3, 0.4) is 0 Å². The standard InChI is InChI=1S/C21H25N3O/c1-6-14(3)16-12-15(21(4,5)7-2)13-19(20(16)25)24-22-17-10-8-9-11-18(17)23-24/h8-13,25H,3,6-7H2,1-2,4-5H3. The molecule has 2 aromatic carbocycles. The Bertz CT molecular complexity index is 904. The highest BCUT2D eigenvalue weighted by molar-refractivity contribution is 5.76. The van der Waals surface area contributed by atoms with Gasteiger partial charge in [-0.3, -0.25) is 0 Å². The van der Waals surface area contributed by atoms with Crippen LogP contribution in [0.4, 0.5) is 0 Å². The van der Waals surface area contributed by atoms with Gasteiger partial charge in [-0.2, -0.15) is 0 Å². The monoisotopic (exact) mass is 335 g/mol. The van der Waals surface area contributed by atoms with Crippen molar-refractivity contribution in [3.63, 3.8) is 0 Å². The first-order valence-corrected chi connectivity index (χ1v) is 8.75. The SMILES string of the molecule is C=C(CC)c1cc(C(C)(C)CC)cc(-n2nc3ccccc3n2)c1O. The number of fused-ring (bicyclic) bond motifs is 1. The molecule has 0 amide bonds. The fraction of sp³-hybridized carbons (Fsp3) is 0.333.